The van der Waals surface area contributed by atoms with E-state index in [1.807, 2.05) is 19.1 Å². The Balaban J connectivity index is 1.94. The van der Waals surface area contributed by atoms with Crippen LogP contribution in [0.4, 0.5) is 0 Å². The maximum atomic E-state index is 6.28. The molecule has 1 heterocycles. The predicted molar refractivity (Wildman–Crippen MR) is 98.6 cm³/mol. The summed E-state index contributed by atoms with van der Waals surface area (Å²) in [6.07, 6.45) is 7.35. The van der Waals surface area contributed by atoms with Crippen molar-refractivity contribution in [3.05, 3.63) is 35.9 Å². The van der Waals surface area contributed by atoms with E-state index in [1.165, 1.54) is 32.1 Å². The molecule has 2 aliphatic rings. The average Bonchev–Trinajstić information content (AvgIpc) is 2.60. The fourth-order valence-corrected chi connectivity index (χ4v) is 3.66. The summed E-state index contributed by atoms with van der Waals surface area (Å²) in [5.41, 5.74) is 1.85. The van der Waals surface area contributed by atoms with Gasteiger partial charge in [-0.15, -0.1) is 0 Å². The number of benzene rings is 1. The van der Waals surface area contributed by atoms with E-state index in [0.717, 1.165) is 29.1 Å². The molecule has 24 heavy (non-hydrogen) atoms. The fourth-order valence-electron chi connectivity index (χ4n) is 3.66. The van der Waals surface area contributed by atoms with Crippen LogP contribution >= 0.6 is 0 Å². The highest BCUT2D eigenvalue weighted by molar-refractivity contribution is 5.48. The lowest BCUT2D eigenvalue weighted by molar-refractivity contribution is 0.0969. The molecule has 0 saturated heterocycles. The Bertz CT molecular complexity index is 673. The molecule has 0 spiro atoms. The summed E-state index contributed by atoms with van der Waals surface area (Å²) in [6.45, 7) is 8.31. The van der Waals surface area contributed by atoms with E-state index in [9.17, 15) is 0 Å². The molecule has 0 radical (unpaired) electrons. The zero-order valence-corrected chi connectivity index (χ0v) is 15.2. The first-order valence-corrected chi connectivity index (χ1v) is 9.06. The molecule has 1 aliphatic carbocycles. The molecule has 0 N–H and O–H groups in total. The number of ether oxygens (including phenoxy) is 2. The lowest BCUT2D eigenvalue weighted by atomic mass is 9.80. The molecule has 1 aromatic carbocycles. The highest BCUT2D eigenvalue weighted by atomic mass is 16.5. The second-order valence-corrected chi connectivity index (χ2v) is 7.40. The molecule has 2 atom stereocenters. The second kappa shape index (κ2) is 6.93. The van der Waals surface area contributed by atoms with E-state index < -0.39 is 0 Å². The van der Waals surface area contributed by atoms with Crippen LogP contribution in [0.1, 0.15) is 63.9 Å². The van der Waals surface area contributed by atoms with Crippen molar-refractivity contribution in [2.75, 3.05) is 7.11 Å². The largest absolute Gasteiger partial charge is 0.497 e. The summed E-state index contributed by atoms with van der Waals surface area (Å²) in [6, 6.07) is 6.03. The molecule has 0 bridgehead atoms. The van der Waals surface area contributed by atoms with Crippen molar-refractivity contribution in [2.24, 2.45) is 5.92 Å². The van der Waals surface area contributed by atoms with Gasteiger partial charge in [0.1, 0.15) is 17.1 Å². The van der Waals surface area contributed by atoms with E-state index in [4.69, 9.17) is 9.47 Å². The summed E-state index contributed by atoms with van der Waals surface area (Å²) in [5, 5.41) is 0. The van der Waals surface area contributed by atoms with Gasteiger partial charge in [-0.1, -0.05) is 37.7 Å². The van der Waals surface area contributed by atoms with Crippen molar-refractivity contribution in [2.45, 2.75) is 63.9 Å². The van der Waals surface area contributed by atoms with Gasteiger partial charge in [-0.05, 0) is 50.5 Å². The summed E-state index contributed by atoms with van der Waals surface area (Å²) < 4.78 is 11.7. The standard InChI is InChI=1S/C22H28O2/c1-16(2)22(3)15-18(11-10-17-8-6-5-7-9-17)20-14-19(23-4)12-13-21(20)24-22/h12-14,17-18H,1,5-9,15H2,2-4H3/t18-,22-/m0/s1. The lowest BCUT2D eigenvalue weighted by Gasteiger charge is -2.39. The molecular formula is C22H28O2. The molecule has 128 valence electrons. The molecule has 1 aliphatic heterocycles. The van der Waals surface area contributed by atoms with Crippen LogP contribution in [0.15, 0.2) is 30.4 Å². The zero-order valence-electron chi connectivity index (χ0n) is 15.2. The van der Waals surface area contributed by atoms with E-state index in [2.05, 4.69) is 31.4 Å². The number of rotatable bonds is 2. The number of hydrogen-bond acceptors (Lipinski definition) is 2. The van der Waals surface area contributed by atoms with Gasteiger partial charge in [0.25, 0.3) is 0 Å². The molecular weight excluding hydrogens is 296 g/mol. The van der Waals surface area contributed by atoms with Crippen molar-refractivity contribution >= 4 is 0 Å². The van der Waals surface area contributed by atoms with E-state index in [-0.39, 0.29) is 11.5 Å². The van der Waals surface area contributed by atoms with Gasteiger partial charge in [-0.3, -0.25) is 0 Å². The molecule has 2 nitrogen and oxygen atoms in total. The van der Waals surface area contributed by atoms with Crippen LogP contribution < -0.4 is 9.47 Å². The summed E-state index contributed by atoms with van der Waals surface area (Å²) in [5.74, 6) is 9.66. The highest BCUT2D eigenvalue weighted by Crippen LogP contribution is 2.44. The summed E-state index contributed by atoms with van der Waals surface area (Å²) in [7, 11) is 1.70. The Hall–Kier alpha value is -1.88. The molecule has 3 rings (SSSR count). The second-order valence-electron chi connectivity index (χ2n) is 7.40. The Kier molecular flexibility index (Phi) is 4.90. The minimum absolute atomic E-state index is 0.174. The van der Waals surface area contributed by atoms with E-state index in [1.54, 1.807) is 7.11 Å². The maximum absolute atomic E-state index is 6.28. The average molecular weight is 324 g/mol. The SMILES string of the molecule is C=C(C)[C@]1(C)C[C@H](C#CC2CCCCC2)c2cc(OC)ccc2O1. The van der Waals surface area contributed by atoms with Gasteiger partial charge >= 0.3 is 0 Å². The molecule has 1 saturated carbocycles. The van der Waals surface area contributed by atoms with Crippen LogP contribution in [0.3, 0.4) is 0 Å². The minimum atomic E-state index is -0.354. The van der Waals surface area contributed by atoms with Gasteiger partial charge in [-0.2, -0.15) is 0 Å². The highest BCUT2D eigenvalue weighted by Gasteiger charge is 2.37. The third-order valence-electron chi connectivity index (χ3n) is 5.49. The van der Waals surface area contributed by atoms with E-state index in [0.29, 0.717) is 5.92 Å². The van der Waals surface area contributed by atoms with Crippen LogP contribution in [-0.4, -0.2) is 12.7 Å². The molecule has 0 amide bonds. The van der Waals surface area contributed by atoms with Crippen molar-refractivity contribution in [3.8, 4) is 23.3 Å². The normalized spacial score (nSPS) is 26.5. The Morgan fingerprint density at radius 1 is 1.25 bits per heavy atom. The first-order valence-electron chi connectivity index (χ1n) is 9.06. The van der Waals surface area contributed by atoms with Gasteiger partial charge in [0.15, 0.2) is 0 Å². The Labute approximate surface area is 146 Å². The third kappa shape index (κ3) is 3.46. The third-order valence-corrected chi connectivity index (χ3v) is 5.49. The Morgan fingerprint density at radius 3 is 2.67 bits per heavy atom. The zero-order chi connectivity index (χ0) is 17.2. The first-order chi connectivity index (χ1) is 11.5. The molecule has 2 heteroatoms. The smallest absolute Gasteiger partial charge is 0.128 e. The van der Waals surface area contributed by atoms with Crippen LogP contribution in [0.25, 0.3) is 0 Å². The first kappa shape index (κ1) is 17.0. The van der Waals surface area contributed by atoms with Gasteiger partial charge in [0.2, 0.25) is 0 Å². The maximum Gasteiger partial charge on any atom is 0.128 e. The van der Waals surface area contributed by atoms with Crippen molar-refractivity contribution in [1.82, 2.24) is 0 Å². The van der Waals surface area contributed by atoms with Crippen LogP contribution in [0.5, 0.6) is 11.5 Å². The van der Waals surface area contributed by atoms with Crippen LogP contribution in [-0.2, 0) is 0 Å². The number of hydrogen-bond donors (Lipinski definition) is 0. The van der Waals surface area contributed by atoms with Gasteiger partial charge in [-0.25, -0.2) is 0 Å². The van der Waals surface area contributed by atoms with E-state index >= 15 is 0 Å². The monoisotopic (exact) mass is 324 g/mol. The van der Waals surface area contributed by atoms with Gasteiger partial charge < -0.3 is 9.47 Å². The topological polar surface area (TPSA) is 18.5 Å². The van der Waals surface area contributed by atoms with Crippen molar-refractivity contribution in [3.63, 3.8) is 0 Å². The molecule has 0 aromatic heterocycles. The molecule has 1 fully saturated rings. The quantitative estimate of drug-likeness (QED) is 0.530. The molecule has 0 unspecified atom stereocenters. The summed E-state index contributed by atoms with van der Waals surface area (Å²) >= 11 is 0. The van der Waals surface area contributed by atoms with Gasteiger partial charge in [0, 0.05) is 17.9 Å². The van der Waals surface area contributed by atoms with Crippen LogP contribution in [0, 0.1) is 17.8 Å². The summed E-state index contributed by atoms with van der Waals surface area (Å²) in [4.78, 5) is 0. The number of methoxy groups -OCH3 is 1. The van der Waals surface area contributed by atoms with Gasteiger partial charge in [0.05, 0.1) is 13.0 Å². The fraction of sp³-hybridized carbons (Fsp3) is 0.545. The van der Waals surface area contributed by atoms with Crippen molar-refractivity contribution in [1.29, 1.82) is 0 Å². The Morgan fingerprint density at radius 2 is 2.00 bits per heavy atom. The number of fused-ring (bicyclic) bond motifs is 1. The van der Waals surface area contributed by atoms with Crippen LogP contribution in [0.2, 0.25) is 0 Å². The molecule has 1 aromatic rings. The van der Waals surface area contributed by atoms with Crippen molar-refractivity contribution < 1.29 is 9.47 Å². The lowest BCUT2D eigenvalue weighted by Crippen LogP contribution is -2.38. The predicted octanol–water partition coefficient (Wildman–Crippen LogP) is 5.48. The minimum Gasteiger partial charge on any atom is -0.497 e.